The van der Waals surface area contributed by atoms with E-state index in [1.54, 1.807) is 11.3 Å². The lowest BCUT2D eigenvalue weighted by Gasteiger charge is -1.97. The van der Waals surface area contributed by atoms with Crippen LogP contribution < -0.4 is 0 Å². The second-order valence-electron chi connectivity index (χ2n) is 2.83. The Labute approximate surface area is 100 Å². The molecule has 0 fully saturated rings. The van der Waals surface area contributed by atoms with Gasteiger partial charge in [-0.15, -0.1) is 23.1 Å². The molecule has 2 rings (SSSR count). The highest BCUT2D eigenvalue weighted by Gasteiger charge is 1.98. The first-order valence-corrected chi connectivity index (χ1v) is 6.91. The van der Waals surface area contributed by atoms with Gasteiger partial charge in [0.1, 0.15) is 0 Å². The third-order valence-electron chi connectivity index (χ3n) is 1.75. The number of rotatable bonds is 3. The Balaban J connectivity index is 1.95. The van der Waals surface area contributed by atoms with Crippen LogP contribution in [-0.2, 0) is 5.75 Å². The van der Waals surface area contributed by atoms with Gasteiger partial charge in [-0.1, -0.05) is 18.2 Å². The van der Waals surface area contributed by atoms with E-state index in [0.29, 0.717) is 0 Å². The summed E-state index contributed by atoms with van der Waals surface area (Å²) in [5.41, 5.74) is 0. The van der Waals surface area contributed by atoms with Crippen LogP contribution in [0.2, 0.25) is 0 Å². The minimum atomic E-state index is 1.06. The van der Waals surface area contributed by atoms with Crippen LogP contribution in [0.4, 0.5) is 0 Å². The standard InChI is InChI=1S/C11H9BrS2/c12-9-6-11(13-7-9)8-14-10-4-2-1-3-5-10/h1-7H,8H2. The summed E-state index contributed by atoms with van der Waals surface area (Å²) in [7, 11) is 0. The molecule has 2 aromatic rings. The molecule has 0 aliphatic rings. The zero-order valence-electron chi connectivity index (χ0n) is 7.44. The molecule has 0 bridgehead atoms. The van der Waals surface area contributed by atoms with Gasteiger partial charge in [0, 0.05) is 25.4 Å². The molecular weight excluding hydrogens is 276 g/mol. The average Bonchev–Trinajstić information content (AvgIpc) is 2.63. The van der Waals surface area contributed by atoms with E-state index in [0.717, 1.165) is 5.75 Å². The van der Waals surface area contributed by atoms with Crippen LogP contribution in [0.25, 0.3) is 0 Å². The minimum absolute atomic E-state index is 1.06. The molecule has 0 saturated carbocycles. The normalized spacial score (nSPS) is 10.4. The highest BCUT2D eigenvalue weighted by Crippen LogP contribution is 2.27. The topological polar surface area (TPSA) is 0 Å². The maximum atomic E-state index is 3.46. The molecule has 0 amide bonds. The molecule has 72 valence electrons. The number of thiophene rings is 1. The molecule has 0 spiro atoms. The molecule has 0 aliphatic carbocycles. The van der Waals surface area contributed by atoms with Crippen molar-refractivity contribution in [2.45, 2.75) is 10.6 Å². The van der Waals surface area contributed by atoms with Crippen molar-refractivity contribution >= 4 is 39.0 Å². The van der Waals surface area contributed by atoms with E-state index >= 15 is 0 Å². The van der Waals surface area contributed by atoms with Gasteiger partial charge in [0.05, 0.1) is 0 Å². The Morgan fingerprint density at radius 3 is 2.64 bits per heavy atom. The third-order valence-corrected chi connectivity index (χ3v) is 4.69. The SMILES string of the molecule is Brc1csc(CSc2ccccc2)c1. The van der Waals surface area contributed by atoms with E-state index in [4.69, 9.17) is 0 Å². The lowest BCUT2D eigenvalue weighted by Crippen LogP contribution is -1.73. The second kappa shape index (κ2) is 5.01. The van der Waals surface area contributed by atoms with Crippen molar-refractivity contribution in [1.29, 1.82) is 0 Å². The van der Waals surface area contributed by atoms with E-state index in [9.17, 15) is 0 Å². The summed E-state index contributed by atoms with van der Waals surface area (Å²) in [4.78, 5) is 2.74. The van der Waals surface area contributed by atoms with Crippen molar-refractivity contribution in [1.82, 2.24) is 0 Å². The smallest absolute Gasteiger partial charge is 0.0326 e. The Hall–Kier alpha value is -0.250. The van der Waals surface area contributed by atoms with E-state index in [2.05, 4.69) is 51.6 Å². The molecule has 0 nitrogen and oxygen atoms in total. The predicted octanol–water partition coefficient (Wildman–Crippen LogP) is 4.80. The van der Waals surface area contributed by atoms with Crippen LogP contribution >= 0.6 is 39.0 Å². The van der Waals surface area contributed by atoms with E-state index in [1.165, 1.54) is 14.2 Å². The Morgan fingerprint density at radius 2 is 2.00 bits per heavy atom. The summed E-state index contributed by atoms with van der Waals surface area (Å²) in [5.74, 6) is 1.06. The third kappa shape index (κ3) is 2.87. The summed E-state index contributed by atoms with van der Waals surface area (Å²) in [6.07, 6.45) is 0. The van der Waals surface area contributed by atoms with Gasteiger partial charge < -0.3 is 0 Å². The van der Waals surface area contributed by atoms with Crippen molar-refractivity contribution in [3.8, 4) is 0 Å². The maximum absolute atomic E-state index is 3.46. The van der Waals surface area contributed by atoms with Crippen LogP contribution in [0.5, 0.6) is 0 Å². The fourth-order valence-electron chi connectivity index (χ4n) is 1.10. The van der Waals surface area contributed by atoms with Crippen LogP contribution in [-0.4, -0.2) is 0 Å². The van der Waals surface area contributed by atoms with Gasteiger partial charge in [-0.05, 0) is 34.1 Å². The van der Waals surface area contributed by atoms with Gasteiger partial charge in [0.15, 0.2) is 0 Å². The van der Waals surface area contributed by atoms with Gasteiger partial charge in [-0.3, -0.25) is 0 Å². The first kappa shape index (κ1) is 10.3. The van der Waals surface area contributed by atoms with Crippen molar-refractivity contribution in [3.63, 3.8) is 0 Å². The molecule has 3 heteroatoms. The summed E-state index contributed by atoms with van der Waals surface area (Å²) in [6.45, 7) is 0. The van der Waals surface area contributed by atoms with Gasteiger partial charge >= 0.3 is 0 Å². The first-order chi connectivity index (χ1) is 6.84. The molecule has 0 atom stereocenters. The molecule has 0 saturated heterocycles. The van der Waals surface area contributed by atoms with Gasteiger partial charge in [-0.2, -0.15) is 0 Å². The van der Waals surface area contributed by atoms with E-state index in [-0.39, 0.29) is 0 Å². The molecule has 0 radical (unpaired) electrons. The fourth-order valence-corrected chi connectivity index (χ4v) is 3.53. The Bertz CT molecular complexity index is 395. The van der Waals surface area contributed by atoms with Crippen LogP contribution in [0.3, 0.4) is 0 Å². The molecule has 1 aromatic carbocycles. The predicted molar refractivity (Wildman–Crippen MR) is 68.0 cm³/mol. The second-order valence-corrected chi connectivity index (χ2v) is 5.79. The summed E-state index contributed by atoms with van der Waals surface area (Å²) >= 11 is 7.14. The van der Waals surface area contributed by atoms with Crippen molar-refractivity contribution in [2.24, 2.45) is 0 Å². The molecule has 0 unspecified atom stereocenters. The molecule has 14 heavy (non-hydrogen) atoms. The Morgan fingerprint density at radius 1 is 1.21 bits per heavy atom. The maximum Gasteiger partial charge on any atom is 0.0326 e. The molecule has 1 aromatic heterocycles. The summed E-state index contributed by atoms with van der Waals surface area (Å²) in [5, 5.41) is 2.13. The van der Waals surface area contributed by atoms with Crippen molar-refractivity contribution in [2.75, 3.05) is 0 Å². The lowest BCUT2D eigenvalue weighted by molar-refractivity contribution is 1.43. The van der Waals surface area contributed by atoms with Crippen LogP contribution in [0, 0.1) is 0 Å². The number of halogens is 1. The zero-order chi connectivity index (χ0) is 9.80. The zero-order valence-corrected chi connectivity index (χ0v) is 10.7. The largest absolute Gasteiger partial charge is 0.147 e. The molecular formula is C11H9BrS2. The van der Waals surface area contributed by atoms with E-state index < -0.39 is 0 Å². The van der Waals surface area contributed by atoms with Crippen LogP contribution in [0.1, 0.15) is 4.88 Å². The van der Waals surface area contributed by atoms with Gasteiger partial charge in [0.2, 0.25) is 0 Å². The fraction of sp³-hybridized carbons (Fsp3) is 0.0909. The molecule has 0 aliphatic heterocycles. The van der Waals surface area contributed by atoms with E-state index in [1.807, 2.05) is 17.8 Å². The first-order valence-electron chi connectivity index (χ1n) is 4.25. The highest BCUT2D eigenvalue weighted by molar-refractivity contribution is 9.10. The van der Waals surface area contributed by atoms with Crippen LogP contribution in [0.15, 0.2) is 51.1 Å². The molecule has 1 heterocycles. The number of hydrogen-bond donors (Lipinski definition) is 0. The quantitative estimate of drug-likeness (QED) is 0.730. The highest BCUT2D eigenvalue weighted by atomic mass is 79.9. The summed E-state index contributed by atoms with van der Waals surface area (Å²) < 4.78 is 1.19. The van der Waals surface area contributed by atoms with Gasteiger partial charge in [0.25, 0.3) is 0 Å². The lowest BCUT2D eigenvalue weighted by atomic mass is 10.4. The number of benzene rings is 1. The van der Waals surface area contributed by atoms with Crippen molar-refractivity contribution < 1.29 is 0 Å². The minimum Gasteiger partial charge on any atom is -0.147 e. The average molecular weight is 285 g/mol. The summed E-state index contributed by atoms with van der Waals surface area (Å²) in [6, 6.07) is 12.7. The monoisotopic (exact) mass is 284 g/mol. The van der Waals surface area contributed by atoms with Crippen molar-refractivity contribution in [3.05, 3.63) is 51.1 Å². The van der Waals surface area contributed by atoms with Gasteiger partial charge in [-0.25, -0.2) is 0 Å². The Kier molecular flexibility index (Phi) is 3.67. The number of thioether (sulfide) groups is 1. The molecule has 0 N–H and O–H groups in total. The number of hydrogen-bond acceptors (Lipinski definition) is 2.